The molecular formula is C13H19N3O3. The Morgan fingerprint density at radius 2 is 2.16 bits per heavy atom. The number of oxime groups is 1. The van der Waals surface area contributed by atoms with Crippen LogP contribution in [0.4, 0.5) is 0 Å². The molecule has 104 valence electrons. The van der Waals surface area contributed by atoms with Gasteiger partial charge in [-0.15, -0.1) is 0 Å². The van der Waals surface area contributed by atoms with E-state index < -0.39 is 5.54 Å². The summed E-state index contributed by atoms with van der Waals surface area (Å²) < 4.78 is 5.12. The average Bonchev–Trinajstić information content (AvgIpc) is 2.85. The van der Waals surface area contributed by atoms with Gasteiger partial charge in [0, 0.05) is 0 Å². The van der Waals surface area contributed by atoms with Crippen LogP contribution >= 0.6 is 0 Å². The Hall–Kier alpha value is -1.98. The Labute approximate surface area is 111 Å². The van der Waals surface area contributed by atoms with Crippen molar-refractivity contribution in [3.05, 3.63) is 23.7 Å². The number of carbonyl (C=O) groups is 1. The first-order chi connectivity index (χ1) is 9.09. The summed E-state index contributed by atoms with van der Waals surface area (Å²) in [6, 6.07) is 1.62. The van der Waals surface area contributed by atoms with Gasteiger partial charge in [-0.2, -0.15) is 0 Å². The molecule has 1 heterocycles. The number of nitrogens with two attached hydrogens (primary N) is 1. The Balaban J connectivity index is 2.21. The van der Waals surface area contributed by atoms with Gasteiger partial charge in [0.2, 0.25) is 0 Å². The minimum atomic E-state index is -0.742. The van der Waals surface area contributed by atoms with E-state index in [0.29, 0.717) is 24.2 Å². The van der Waals surface area contributed by atoms with Gasteiger partial charge in [-0.05, 0) is 25.8 Å². The summed E-state index contributed by atoms with van der Waals surface area (Å²) in [7, 11) is 0. The van der Waals surface area contributed by atoms with Crippen molar-refractivity contribution >= 4 is 11.7 Å². The highest BCUT2D eigenvalue weighted by Gasteiger charge is 2.38. The normalized spacial score (nSPS) is 19.1. The molecular weight excluding hydrogens is 246 g/mol. The van der Waals surface area contributed by atoms with Crippen molar-refractivity contribution in [2.75, 3.05) is 0 Å². The standard InChI is InChI=1S/C13H19N3O3/c1-9-10(5-8-19-9)11(17)15-13(12(14)16-18)6-3-2-4-7-13/h5,8,18H,2-4,6-7H2,1H3,(H2,14,16)(H,15,17). The zero-order valence-corrected chi connectivity index (χ0v) is 11.0. The molecule has 0 saturated heterocycles. The van der Waals surface area contributed by atoms with Crippen LogP contribution in [0.25, 0.3) is 0 Å². The molecule has 0 radical (unpaired) electrons. The molecule has 19 heavy (non-hydrogen) atoms. The highest BCUT2D eigenvalue weighted by atomic mass is 16.4. The van der Waals surface area contributed by atoms with Crippen LogP contribution in [0.2, 0.25) is 0 Å². The number of rotatable bonds is 3. The van der Waals surface area contributed by atoms with Crippen molar-refractivity contribution in [1.82, 2.24) is 5.32 Å². The molecule has 1 aromatic heterocycles. The third-order valence-electron chi connectivity index (χ3n) is 3.76. The van der Waals surface area contributed by atoms with Crippen molar-refractivity contribution in [3.63, 3.8) is 0 Å². The summed E-state index contributed by atoms with van der Waals surface area (Å²) in [4.78, 5) is 12.3. The number of nitrogens with zero attached hydrogens (tertiary/aromatic N) is 1. The maximum Gasteiger partial charge on any atom is 0.255 e. The second-order valence-electron chi connectivity index (χ2n) is 4.97. The topological polar surface area (TPSA) is 101 Å². The minimum Gasteiger partial charge on any atom is -0.469 e. The molecule has 1 aromatic rings. The fourth-order valence-corrected chi connectivity index (χ4v) is 2.60. The summed E-state index contributed by atoms with van der Waals surface area (Å²) in [5.74, 6) is 0.379. The van der Waals surface area contributed by atoms with Gasteiger partial charge in [0.1, 0.15) is 11.3 Å². The van der Waals surface area contributed by atoms with Crippen LogP contribution < -0.4 is 11.1 Å². The van der Waals surface area contributed by atoms with Crippen LogP contribution in [0.15, 0.2) is 21.9 Å². The number of amides is 1. The second kappa shape index (κ2) is 5.34. The lowest BCUT2D eigenvalue weighted by atomic mass is 9.80. The number of carbonyl (C=O) groups excluding carboxylic acids is 1. The SMILES string of the molecule is Cc1occc1C(=O)NC1(/C(N)=N/O)CCCCC1. The van der Waals surface area contributed by atoms with E-state index in [1.807, 2.05) is 0 Å². The van der Waals surface area contributed by atoms with Gasteiger partial charge in [0.25, 0.3) is 5.91 Å². The van der Waals surface area contributed by atoms with Gasteiger partial charge in [-0.1, -0.05) is 24.4 Å². The van der Waals surface area contributed by atoms with E-state index in [4.69, 9.17) is 15.4 Å². The Morgan fingerprint density at radius 3 is 2.68 bits per heavy atom. The predicted octanol–water partition coefficient (Wildman–Crippen LogP) is 1.77. The van der Waals surface area contributed by atoms with Crippen molar-refractivity contribution < 1.29 is 14.4 Å². The van der Waals surface area contributed by atoms with Crippen LogP contribution in [0, 0.1) is 6.92 Å². The van der Waals surface area contributed by atoms with Crippen LogP contribution in [0.3, 0.4) is 0 Å². The lowest BCUT2D eigenvalue weighted by Gasteiger charge is -2.36. The fourth-order valence-electron chi connectivity index (χ4n) is 2.60. The van der Waals surface area contributed by atoms with Crippen molar-refractivity contribution in [2.45, 2.75) is 44.6 Å². The third kappa shape index (κ3) is 2.57. The van der Waals surface area contributed by atoms with Crippen LogP contribution in [-0.4, -0.2) is 22.5 Å². The molecule has 0 atom stereocenters. The molecule has 0 aliphatic heterocycles. The smallest absolute Gasteiger partial charge is 0.255 e. The summed E-state index contributed by atoms with van der Waals surface area (Å²) in [6.07, 6.45) is 5.83. The zero-order valence-electron chi connectivity index (χ0n) is 11.0. The number of hydrogen-bond donors (Lipinski definition) is 3. The molecule has 4 N–H and O–H groups in total. The molecule has 1 fully saturated rings. The summed E-state index contributed by atoms with van der Waals surface area (Å²) in [5, 5.41) is 15.0. The zero-order chi connectivity index (χ0) is 13.9. The Kier molecular flexibility index (Phi) is 3.78. The average molecular weight is 265 g/mol. The molecule has 1 amide bonds. The predicted molar refractivity (Wildman–Crippen MR) is 70.1 cm³/mol. The van der Waals surface area contributed by atoms with E-state index in [-0.39, 0.29) is 11.7 Å². The molecule has 0 aromatic carbocycles. The quantitative estimate of drug-likeness (QED) is 0.335. The van der Waals surface area contributed by atoms with Crippen LogP contribution in [0.5, 0.6) is 0 Å². The van der Waals surface area contributed by atoms with Crippen molar-refractivity contribution in [3.8, 4) is 0 Å². The van der Waals surface area contributed by atoms with E-state index in [1.165, 1.54) is 6.26 Å². The van der Waals surface area contributed by atoms with Gasteiger partial charge >= 0.3 is 0 Å². The van der Waals surface area contributed by atoms with Crippen molar-refractivity contribution in [2.24, 2.45) is 10.9 Å². The highest BCUT2D eigenvalue weighted by molar-refractivity contribution is 6.00. The number of nitrogens with one attached hydrogen (secondary N) is 1. The highest BCUT2D eigenvalue weighted by Crippen LogP contribution is 2.29. The number of furan rings is 1. The van der Waals surface area contributed by atoms with E-state index in [1.54, 1.807) is 13.0 Å². The molecule has 1 aliphatic carbocycles. The van der Waals surface area contributed by atoms with E-state index in [2.05, 4.69) is 10.5 Å². The monoisotopic (exact) mass is 265 g/mol. The fraction of sp³-hybridized carbons (Fsp3) is 0.538. The first kappa shape index (κ1) is 13.5. The minimum absolute atomic E-state index is 0.0710. The number of hydrogen-bond acceptors (Lipinski definition) is 4. The number of aryl methyl sites for hydroxylation is 1. The van der Waals surface area contributed by atoms with Gasteiger partial charge in [-0.3, -0.25) is 4.79 Å². The van der Waals surface area contributed by atoms with Gasteiger partial charge < -0.3 is 20.7 Å². The summed E-state index contributed by atoms with van der Waals surface area (Å²) in [5.41, 5.74) is 5.52. The summed E-state index contributed by atoms with van der Waals surface area (Å²) >= 11 is 0. The van der Waals surface area contributed by atoms with Crippen LogP contribution in [0.1, 0.15) is 48.2 Å². The largest absolute Gasteiger partial charge is 0.469 e. The molecule has 1 saturated carbocycles. The maximum absolute atomic E-state index is 12.3. The Morgan fingerprint density at radius 1 is 1.47 bits per heavy atom. The summed E-state index contributed by atoms with van der Waals surface area (Å²) in [6.45, 7) is 1.73. The molecule has 0 bridgehead atoms. The maximum atomic E-state index is 12.3. The molecule has 6 nitrogen and oxygen atoms in total. The van der Waals surface area contributed by atoms with E-state index >= 15 is 0 Å². The van der Waals surface area contributed by atoms with E-state index in [9.17, 15) is 4.79 Å². The molecule has 0 unspecified atom stereocenters. The van der Waals surface area contributed by atoms with Gasteiger partial charge in [0.15, 0.2) is 5.84 Å². The molecule has 1 aliphatic rings. The third-order valence-corrected chi connectivity index (χ3v) is 3.76. The first-order valence-corrected chi connectivity index (χ1v) is 6.44. The van der Waals surface area contributed by atoms with Crippen molar-refractivity contribution in [1.29, 1.82) is 0 Å². The molecule has 2 rings (SSSR count). The van der Waals surface area contributed by atoms with Crippen LogP contribution in [-0.2, 0) is 0 Å². The molecule has 0 spiro atoms. The second-order valence-corrected chi connectivity index (χ2v) is 4.97. The van der Waals surface area contributed by atoms with E-state index in [0.717, 1.165) is 19.3 Å². The molecule has 6 heteroatoms. The first-order valence-electron chi connectivity index (χ1n) is 6.44. The van der Waals surface area contributed by atoms with Gasteiger partial charge in [0.05, 0.1) is 11.8 Å². The lowest BCUT2D eigenvalue weighted by Crippen LogP contribution is -2.58. The van der Waals surface area contributed by atoms with Gasteiger partial charge in [-0.25, -0.2) is 0 Å². The Bertz CT molecular complexity index is 487. The lowest BCUT2D eigenvalue weighted by molar-refractivity contribution is 0.0904. The number of amidine groups is 1.